The lowest BCUT2D eigenvalue weighted by atomic mass is 10.2. The highest BCUT2D eigenvalue weighted by molar-refractivity contribution is 7.80. The standard InChI is InChI=1S/C18H20ClN3O2S/c1-3-20-18(25)22-21-11-13-7-8-16(17(10-13)23-2)24-12-14-5-4-6-15(19)9-14/h4-11H,3,12H2,1-2H3,(H2,20,22,25)/p+1. The maximum absolute atomic E-state index is 5.99. The fourth-order valence-electron chi connectivity index (χ4n) is 2.07. The summed E-state index contributed by atoms with van der Waals surface area (Å²) in [4.78, 5) is 0. The number of benzene rings is 2. The zero-order valence-corrected chi connectivity index (χ0v) is 15.7. The third kappa shape index (κ3) is 6.25. The van der Waals surface area contributed by atoms with E-state index in [1.54, 1.807) is 13.3 Å². The van der Waals surface area contributed by atoms with Crippen LogP contribution in [-0.2, 0) is 6.61 Å². The molecule has 0 spiro atoms. The summed E-state index contributed by atoms with van der Waals surface area (Å²) in [5, 5.41) is 7.14. The Bertz CT molecular complexity index is 753. The molecule has 2 rings (SSSR count). The van der Waals surface area contributed by atoms with E-state index < -0.39 is 0 Å². The summed E-state index contributed by atoms with van der Waals surface area (Å²) in [6.07, 6.45) is 1.78. The normalized spacial score (nSPS) is 10.5. The second kappa shape index (κ2) is 9.86. The highest BCUT2D eigenvalue weighted by Gasteiger charge is 2.07. The summed E-state index contributed by atoms with van der Waals surface area (Å²) in [7, 11) is 1.61. The Morgan fingerprint density at radius 2 is 2.08 bits per heavy atom. The minimum atomic E-state index is 0.413. The van der Waals surface area contributed by atoms with Crippen molar-refractivity contribution in [2.75, 3.05) is 13.7 Å². The highest BCUT2D eigenvalue weighted by Crippen LogP contribution is 2.28. The van der Waals surface area contributed by atoms with E-state index in [-0.39, 0.29) is 0 Å². The largest absolute Gasteiger partial charge is 0.493 e. The van der Waals surface area contributed by atoms with Crippen molar-refractivity contribution in [3.05, 3.63) is 58.6 Å². The monoisotopic (exact) mass is 378 g/mol. The van der Waals surface area contributed by atoms with E-state index in [4.69, 9.17) is 33.3 Å². The molecule has 0 radical (unpaired) electrons. The fourth-order valence-corrected chi connectivity index (χ4v) is 2.49. The predicted octanol–water partition coefficient (Wildman–Crippen LogP) is 1.83. The Morgan fingerprint density at radius 1 is 1.24 bits per heavy atom. The molecule has 2 aromatic rings. The lowest BCUT2D eigenvalue weighted by Gasteiger charge is -2.11. The van der Waals surface area contributed by atoms with Crippen molar-refractivity contribution >= 4 is 35.1 Å². The number of methoxy groups -OCH3 is 1. The Labute approximate surface area is 158 Å². The molecule has 0 saturated heterocycles. The van der Waals surface area contributed by atoms with Crippen molar-refractivity contribution in [2.45, 2.75) is 13.5 Å². The number of rotatable bonds is 7. The third-order valence-corrected chi connectivity index (χ3v) is 3.71. The number of halogens is 1. The molecule has 2 aromatic carbocycles. The molecule has 0 amide bonds. The number of hydrazine groups is 1. The average Bonchev–Trinajstić information content (AvgIpc) is 2.60. The van der Waals surface area contributed by atoms with E-state index in [0.717, 1.165) is 17.7 Å². The SMILES string of the molecule is CCNC(=S)N[NH+]=Cc1ccc(OCc2cccc(Cl)c2)c(OC)c1. The van der Waals surface area contributed by atoms with Crippen LogP contribution in [0, 0.1) is 0 Å². The van der Waals surface area contributed by atoms with Crippen molar-refractivity contribution in [3.63, 3.8) is 0 Å². The molecule has 0 bridgehead atoms. The third-order valence-electron chi connectivity index (χ3n) is 3.23. The van der Waals surface area contributed by atoms with Crippen LogP contribution in [0.5, 0.6) is 11.5 Å². The van der Waals surface area contributed by atoms with E-state index >= 15 is 0 Å². The van der Waals surface area contributed by atoms with Gasteiger partial charge in [0, 0.05) is 17.1 Å². The Morgan fingerprint density at radius 3 is 2.80 bits per heavy atom. The van der Waals surface area contributed by atoms with Gasteiger partial charge in [0.25, 0.3) is 0 Å². The van der Waals surface area contributed by atoms with Crippen molar-refractivity contribution < 1.29 is 14.6 Å². The van der Waals surface area contributed by atoms with E-state index in [9.17, 15) is 0 Å². The number of ether oxygens (including phenoxy) is 2. The molecule has 3 N–H and O–H groups in total. The summed E-state index contributed by atoms with van der Waals surface area (Å²) >= 11 is 11.1. The smallest absolute Gasteiger partial charge is 0.223 e. The summed E-state index contributed by atoms with van der Waals surface area (Å²) in [6, 6.07) is 13.2. The minimum Gasteiger partial charge on any atom is -0.493 e. The minimum absolute atomic E-state index is 0.413. The second-order valence-corrected chi connectivity index (χ2v) is 5.95. The van der Waals surface area contributed by atoms with Crippen LogP contribution in [0.3, 0.4) is 0 Å². The number of nitrogens with one attached hydrogen (secondary N) is 3. The Hall–Kier alpha value is -2.31. The van der Waals surface area contributed by atoms with Gasteiger partial charge in [0.2, 0.25) is 5.11 Å². The van der Waals surface area contributed by atoms with E-state index in [0.29, 0.717) is 28.2 Å². The molecule has 0 saturated carbocycles. The molecule has 132 valence electrons. The lowest BCUT2D eigenvalue weighted by Crippen LogP contribution is -2.82. The van der Waals surface area contributed by atoms with Crippen LogP contribution in [-0.4, -0.2) is 25.0 Å². The van der Waals surface area contributed by atoms with Gasteiger partial charge in [-0.15, -0.1) is 10.5 Å². The Balaban J connectivity index is 2.01. The molecular formula is C18H21ClN3O2S+. The molecule has 7 heteroatoms. The zero-order chi connectivity index (χ0) is 18.1. The van der Waals surface area contributed by atoms with Gasteiger partial charge in [0.15, 0.2) is 17.7 Å². The molecule has 0 heterocycles. The number of hydrazone groups is 1. The topological polar surface area (TPSA) is 56.5 Å². The first kappa shape index (κ1) is 19.0. The summed E-state index contributed by atoms with van der Waals surface area (Å²) in [6.45, 7) is 3.15. The van der Waals surface area contributed by atoms with Crippen molar-refractivity contribution in [1.29, 1.82) is 0 Å². The molecule has 5 nitrogen and oxygen atoms in total. The fraction of sp³-hybridized carbons (Fsp3) is 0.222. The molecule has 0 unspecified atom stereocenters. The molecular weight excluding hydrogens is 358 g/mol. The predicted molar refractivity (Wildman–Crippen MR) is 104 cm³/mol. The van der Waals surface area contributed by atoms with E-state index in [1.807, 2.05) is 49.4 Å². The van der Waals surface area contributed by atoms with Crippen LogP contribution in [0.15, 0.2) is 42.5 Å². The summed E-state index contributed by atoms with van der Waals surface area (Å²) in [5.41, 5.74) is 4.78. The van der Waals surface area contributed by atoms with Crippen LogP contribution >= 0.6 is 23.8 Å². The van der Waals surface area contributed by atoms with Gasteiger partial charge in [-0.3, -0.25) is 0 Å². The van der Waals surface area contributed by atoms with Gasteiger partial charge < -0.3 is 14.8 Å². The first-order chi connectivity index (χ1) is 12.1. The quantitative estimate of drug-likeness (QED) is 0.390. The number of thiocarbonyl (C=S) groups is 1. The first-order valence-electron chi connectivity index (χ1n) is 7.80. The van der Waals surface area contributed by atoms with Crippen LogP contribution < -0.4 is 25.3 Å². The molecule has 0 aliphatic heterocycles. The van der Waals surface area contributed by atoms with Gasteiger partial charge in [-0.1, -0.05) is 23.7 Å². The molecule has 0 fully saturated rings. The van der Waals surface area contributed by atoms with E-state index in [2.05, 4.69) is 15.8 Å². The maximum atomic E-state index is 5.99. The summed E-state index contributed by atoms with van der Waals surface area (Å²) in [5.74, 6) is 1.31. The van der Waals surface area contributed by atoms with Crippen LogP contribution in [0.2, 0.25) is 5.02 Å². The van der Waals surface area contributed by atoms with Gasteiger partial charge in [0.05, 0.1) is 7.11 Å². The van der Waals surface area contributed by atoms with Crippen LogP contribution in [0.1, 0.15) is 18.1 Å². The Kier molecular flexibility index (Phi) is 7.50. The molecule has 0 atom stereocenters. The van der Waals surface area contributed by atoms with Gasteiger partial charge in [-0.25, -0.2) is 0 Å². The van der Waals surface area contributed by atoms with Gasteiger partial charge >= 0.3 is 0 Å². The lowest BCUT2D eigenvalue weighted by molar-refractivity contribution is -0.500. The highest BCUT2D eigenvalue weighted by atomic mass is 35.5. The molecule has 0 aromatic heterocycles. The zero-order valence-electron chi connectivity index (χ0n) is 14.1. The summed E-state index contributed by atoms with van der Waals surface area (Å²) < 4.78 is 11.2. The van der Waals surface area contributed by atoms with Crippen molar-refractivity contribution in [1.82, 2.24) is 10.7 Å². The first-order valence-corrected chi connectivity index (χ1v) is 8.59. The number of hydrogen-bond acceptors (Lipinski definition) is 3. The van der Waals surface area contributed by atoms with Crippen LogP contribution in [0.4, 0.5) is 0 Å². The maximum Gasteiger partial charge on any atom is 0.223 e. The van der Waals surface area contributed by atoms with Crippen LogP contribution in [0.25, 0.3) is 0 Å². The van der Waals surface area contributed by atoms with Gasteiger partial charge in [-0.05, 0) is 55.0 Å². The number of hydrogen-bond donors (Lipinski definition) is 3. The molecule has 0 aliphatic rings. The van der Waals surface area contributed by atoms with E-state index in [1.165, 1.54) is 0 Å². The van der Waals surface area contributed by atoms with Crippen molar-refractivity contribution in [3.8, 4) is 11.5 Å². The average molecular weight is 379 g/mol. The van der Waals surface area contributed by atoms with Gasteiger partial charge in [0.1, 0.15) is 6.61 Å². The molecule has 25 heavy (non-hydrogen) atoms. The van der Waals surface area contributed by atoms with Crippen molar-refractivity contribution in [2.24, 2.45) is 0 Å². The second-order valence-electron chi connectivity index (χ2n) is 5.10. The van der Waals surface area contributed by atoms with Gasteiger partial charge in [-0.2, -0.15) is 0 Å². The molecule has 0 aliphatic carbocycles.